The van der Waals surface area contributed by atoms with Gasteiger partial charge in [-0.2, -0.15) is 13.2 Å². The number of methoxy groups -OCH3 is 1. The summed E-state index contributed by atoms with van der Waals surface area (Å²) in [6.45, 7) is -1.15. The fourth-order valence-electron chi connectivity index (χ4n) is 1.66. The number of aliphatic carboxylic acids is 1. The van der Waals surface area contributed by atoms with Crippen molar-refractivity contribution in [2.45, 2.75) is 6.18 Å². The molecule has 5 nitrogen and oxygen atoms in total. The van der Waals surface area contributed by atoms with Crippen LogP contribution in [0.1, 0.15) is 0 Å². The molecule has 1 N–H and O–H groups in total. The van der Waals surface area contributed by atoms with Crippen molar-refractivity contribution >= 4 is 12.1 Å². The second-order valence-electron chi connectivity index (χ2n) is 3.47. The van der Waals surface area contributed by atoms with Crippen LogP contribution >= 0.6 is 0 Å². The third-order valence-electron chi connectivity index (χ3n) is 2.49. The maximum atomic E-state index is 12.5. The first-order chi connectivity index (χ1) is 7.27. The molecule has 0 aliphatic carbocycles. The zero-order valence-corrected chi connectivity index (χ0v) is 8.32. The molecule has 1 saturated heterocycles. The van der Waals surface area contributed by atoms with E-state index < -0.39 is 43.2 Å². The van der Waals surface area contributed by atoms with E-state index in [2.05, 4.69) is 4.74 Å². The van der Waals surface area contributed by atoms with Crippen LogP contribution in [0.3, 0.4) is 0 Å². The average molecular weight is 241 g/mol. The summed E-state index contributed by atoms with van der Waals surface area (Å²) >= 11 is 0. The lowest BCUT2D eigenvalue weighted by atomic mass is 9.96. The van der Waals surface area contributed by atoms with Crippen LogP contribution < -0.4 is 0 Å². The van der Waals surface area contributed by atoms with Crippen LogP contribution in [-0.2, 0) is 9.53 Å². The Kier molecular flexibility index (Phi) is 3.30. The van der Waals surface area contributed by atoms with Gasteiger partial charge in [0.2, 0.25) is 0 Å². The van der Waals surface area contributed by atoms with Crippen LogP contribution in [0.15, 0.2) is 0 Å². The SMILES string of the molecule is COC(=O)N1CC(C(=O)O)C(C(F)(F)F)C1. The quantitative estimate of drug-likeness (QED) is 0.742. The summed E-state index contributed by atoms with van der Waals surface area (Å²) in [6.07, 6.45) is -5.58. The Hall–Kier alpha value is -1.47. The van der Waals surface area contributed by atoms with Crippen LogP contribution in [0.4, 0.5) is 18.0 Å². The molecule has 0 saturated carbocycles. The van der Waals surface area contributed by atoms with Crippen molar-refractivity contribution in [1.29, 1.82) is 0 Å². The smallest absolute Gasteiger partial charge is 0.409 e. The van der Waals surface area contributed by atoms with Gasteiger partial charge in [-0.3, -0.25) is 4.79 Å². The molecule has 2 atom stereocenters. The first-order valence-corrected chi connectivity index (χ1v) is 4.39. The fraction of sp³-hybridized carbons (Fsp3) is 0.750. The molecule has 1 rings (SSSR count). The number of carboxylic acids is 1. The van der Waals surface area contributed by atoms with Gasteiger partial charge in [0, 0.05) is 13.1 Å². The van der Waals surface area contributed by atoms with Gasteiger partial charge in [-0.05, 0) is 0 Å². The van der Waals surface area contributed by atoms with Gasteiger partial charge < -0.3 is 14.7 Å². The fourth-order valence-corrected chi connectivity index (χ4v) is 1.66. The minimum Gasteiger partial charge on any atom is -0.481 e. The Labute approximate surface area is 88.8 Å². The van der Waals surface area contributed by atoms with Gasteiger partial charge in [0.05, 0.1) is 18.9 Å². The Morgan fingerprint density at radius 1 is 1.38 bits per heavy atom. The Morgan fingerprint density at radius 2 is 1.94 bits per heavy atom. The highest BCUT2D eigenvalue weighted by molar-refractivity contribution is 5.74. The van der Waals surface area contributed by atoms with Gasteiger partial charge in [-0.25, -0.2) is 4.79 Å². The number of carbonyl (C=O) groups excluding carboxylic acids is 1. The summed E-state index contributed by atoms with van der Waals surface area (Å²) in [7, 11) is 1.03. The zero-order chi connectivity index (χ0) is 12.5. The molecule has 0 spiro atoms. The van der Waals surface area contributed by atoms with Crippen molar-refractivity contribution in [3.05, 3.63) is 0 Å². The van der Waals surface area contributed by atoms with Crippen molar-refractivity contribution < 1.29 is 32.6 Å². The van der Waals surface area contributed by atoms with Crippen molar-refractivity contribution in [3.8, 4) is 0 Å². The molecule has 0 radical (unpaired) electrons. The van der Waals surface area contributed by atoms with Gasteiger partial charge >= 0.3 is 18.2 Å². The summed E-state index contributed by atoms with van der Waals surface area (Å²) in [5.74, 6) is -5.23. The Morgan fingerprint density at radius 3 is 2.25 bits per heavy atom. The molecule has 8 heteroatoms. The number of carboxylic acid groups (broad SMARTS) is 1. The van der Waals surface area contributed by atoms with Crippen molar-refractivity contribution in [1.82, 2.24) is 4.90 Å². The van der Waals surface area contributed by atoms with E-state index in [0.717, 1.165) is 12.0 Å². The topological polar surface area (TPSA) is 66.8 Å². The number of ether oxygens (including phenoxy) is 1. The molecule has 1 aliphatic heterocycles. The van der Waals surface area contributed by atoms with E-state index in [0.29, 0.717) is 0 Å². The van der Waals surface area contributed by atoms with E-state index in [4.69, 9.17) is 5.11 Å². The van der Waals surface area contributed by atoms with Crippen LogP contribution in [0.2, 0.25) is 0 Å². The number of hydrogen-bond acceptors (Lipinski definition) is 3. The monoisotopic (exact) mass is 241 g/mol. The number of carbonyl (C=O) groups is 2. The maximum Gasteiger partial charge on any atom is 0.409 e. The number of nitrogens with zero attached hydrogens (tertiary/aromatic N) is 1. The molecular weight excluding hydrogens is 231 g/mol. The highest BCUT2D eigenvalue weighted by Crippen LogP contribution is 2.37. The third kappa shape index (κ3) is 2.37. The molecule has 16 heavy (non-hydrogen) atoms. The lowest BCUT2D eigenvalue weighted by Gasteiger charge is -2.17. The van der Waals surface area contributed by atoms with Gasteiger partial charge in [0.15, 0.2) is 0 Å². The Bertz CT molecular complexity index is 304. The summed E-state index contributed by atoms with van der Waals surface area (Å²) in [5, 5.41) is 8.64. The number of halogens is 3. The number of alkyl halides is 3. The number of hydrogen-bond donors (Lipinski definition) is 1. The molecular formula is C8H10F3NO4. The minimum absolute atomic E-state index is 0.480. The van der Waals surface area contributed by atoms with E-state index in [9.17, 15) is 22.8 Å². The summed E-state index contributed by atoms with van der Waals surface area (Å²) in [5.41, 5.74) is 0. The second kappa shape index (κ2) is 4.18. The number of amides is 1. The molecule has 92 valence electrons. The molecule has 1 fully saturated rings. The molecule has 1 amide bonds. The standard InChI is InChI=1S/C8H10F3NO4/c1-16-7(15)12-2-4(6(13)14)5(3-12)8(9,10)11/h4-5H,2-3H2,1H3,(H,13,14). The van der Waals surface area contributed by atoms with Gasteiger partial charge in [-0.1, -0.05) is 0 Å². The molecule has 0 aromatic carbocycles. The average Bonchev–Trinajstić information content (AvgIpc) is 2.60. The molecule has 2 unspecified atom stereocenters. The number of rotatable bonds is 1. The highest BCUT2D eigenvalue weighted by Gasteiger charge is 2.53. The zero-order valence-electron chi connectivity index (χ0n) is 8.32. The highest BCUT2D eigenvalue weighted by atomic mass is 19.4. The first-order valence-electron chi connectivity index (χ1n) is 4.39. The predicted octanol–water partition coefficient (Wildman–Crippen LogP) is 0.948. The van der Waals surface area contributed by atoms with Crippen LogP contribution in [0.25, 0.3) is 0 Å². The van der Waals surface area contributed by atoms with Crippen molar-refractivity contribution in [2.75, 3.05) is 20.2 Å². The molecule has 1 heterocycles. The minimum atomic E-state index is -4.63. The second-order valence-corrected chi connectivity index (χ2v) is 3.47. The molecule has 1 aliphatic rings. The van der Waals surface area contributed by atoms with E-state index in [1.807, 2.05) is 0 Å². The summed E-state index contributed by atoms with van der Waals surface area (Å²) in [6, 6.07) is 0. The summed E-state index contributed by atoms with van der Waals surface area (Å²) < 4.78 is 41.7. The van der Waals surface area contributed by atoms with Crippen molar-refractivity contribution in [2.24, 2.45) is 11.8 Å². The largest absolute Gasteiger partial charge is 0.481 e. The summed E-state index contributed by atoms with van der Waals surface area (Å²) in [4.78, 5) is 22.4. The van der Waals surface area contributed by atoms with E-state index in [-0.39, 0.29) is 0 Å². The van der Waals surface area contributed by atoms with Crippen LogP contribution in [0, 0.1) is 11.8 Å². The number of likely N-dealkylation sites (tertiary alicyclic amines) is 1. The van der Waals surface area contributed by atoms with E-state index in [1.165, 1.54) is 0 Å². The molecule has 0 bridgehead atoms. The predicted molar refractivity (Wildman–Crippen MR) is 44.6 cm³/mol. The Balaban J connectivity index is 2.84. The lowest BCUT2D eigenvalue weighted by Crippen LogP contribution is -2.34. The van der Waals surface area contributed by atoms with Crippen LogP contribution in [0.5, 0.6) is 0 Å². The van der Waals surface area contributed by atoms with Crippen molar-refractivity contribution in [3.63, 3.8) is 0 Å². The van der Waals surface area contributed by atoms with Gasteiger partial charge in [0.1, 0.15) is 0 Å². The van der Waals surface area contributed by atoms with E-state index >= 15 is 0 Å². The van der Waals surface area contributed by atoms with Crippen LogP contribution in [-0.4, -0.2) is 48.4 Å². The van der Waals surface area contributed by atoms with Gasteiger partial charge in [-0.15, -0.1) is 0 Å². The normalized spacial score (nSPS) is 25.6. The van der Waals surface area contributed by atoms with Gasteiger partial charge in [0.25, 0.3) is 0 Å². The molecule has 0 aromatic heterocycles. The van der Waals surface area contributed by atoms with E-state index in [1.54, 1.807) is 0 Å². The molecule has 0 aromatic rings. The third-order valence-corrected chi connectivity index (χ3v) is 2.49. The first kappa shape index (κ1) is 12.6. The maximum absolute atomic E-state index is 12.5. The lowest BCUT2D eigenvalue weighted by molar-refractivity contribution is -0.187.